The summed E-state index contributed by atoms with van der Waals surface area (Å²) in [5.41, 5.74) is 1.28. The van der Waals surface area contributed by atoms with E-state index in [4.69, 9.17) is 0 Å². The summed E-state index contributed by atoms with van der Waals surface area (Å²) in [6.45, 7) is 2.91. The lowest BCUT2D eigenvalue weighted by molar-refractivity contribution is -0.385. The molecular weight excluding hydrogens is 296 g/mol. The maximum atomic E-state index is 10.9. The molecule has 1 aromatic rings. The van der Waals surface area contributed by atoms with Gasteiger partial charge in [-0.3, -0.25) is 10.1 Å². The summed E-state index contributed by atoms with van der Waals surface area (Å²) in [7, 11) is 0. The molecular formula is C13H17BrN2O2. The Morgan fingerprint density at radius 3 is 2.72 bits per heavy atom. The number of nitrogens with zero attached hydrogens (tertiary/aromatic N) is 1. The van der Waals surface area contributed by atoms with E-state index in [9.17, 15) is 10.1 Å². The predicted molar refractivity (Wildman–Crippen MR) is 74.5 cm³/mol. The lowest BCUT2D eigenvalue weighted by Gasteiger charge is -2.25. The van der Waals surface area contributed by atoms with E-state index >= 15 is 0 Å². The molecule has 1 aliphatic rings. The summed E-state index contributed by atoms with van der Waals surface area (Å²) in [6.07, 6.45) is 4.91. The first-order chi connectivity index (χ1) is 8.50. The van der Waals surface area contributed by atoms with Crippen molar-refractivity contribution in [3.8, 4) is 0 Å². The molecule has 0 saturated heterocycles. The molecule has 1 saturated carbocycles. The third kappa shape index (κ3) is 3.09. The van der Waals surface area contributed by atoms with E-state index in [1.54, 1.807) is 12.1 Å². The Balaban J connectivity index is 2.05. The van der Waals surface area contributed by atoms with E-state index in [0.29, 0.717) is 11.0 Å². The summed E-state index contributed by atoms with van der Waals surface area (Å²) in [6, 6.07) is 5.30. The van der Waals surface area contributed by atoms with Crippen molar-refractivity contribution in [3.63, 3.8) is 0 Å². The first-order valence-electron chi connectivity index (χ1n) is 6.18. The van der Waals surface area contributed by atoms with Gasteiger partial charge in [-0.2, -0.15) is 0 Å². The molecule has 1 aromatic carbocycles. The molecule has 2 rings (SSSR count). The predicted octanol–water partition coefficient (Wildman–Crippen LogP) is 3.78. The monoisotopic (exact) mass is 312 g/mol. The summed E-state index contributed by atoms with van der Waals surface area (Å²) < 4.78 is 0.531. The van der Waals surface area contributed by atoms with Crippen LogP contribution in [0.15, 0.2) is 22.7 Å². The van der Waals surface area contributed by atoms with Gasteiger partial charge in [-0.05, 0) is 47.3 Å². The van der Waals surface area contributed by atoms with E-state index in [-0.39, 0.29) is 16.1 Å². The van der Waals surface area contributed by atoms with E-state index in [1.165, 1.54) is 25.7 Å². The zero-order valence-corrected chi connectivity index (χ0v) is 12.0. The van der Waals surface area contributed by atoms with Crippen LogP contribution in [0.4, 0.5) is 5.69 Å². The van der Waals surface area contributed by atoms with Crippen LogP contribution in [-0.4, -0.2) is 10.5 Å². The molecule has 0 amide bonds. The van der Waals surface area contributed by atoms with E-state index in [0.717, 1.165) is 5.56 Å². The van der Waals surface area contributed by atoms with Gasteiger partial charge < -0.3 is 5.32 Å². The van der Waals surface area contributed by atoms with Crippen molar-refractivity contribution in [2.75, 3.05) is 0 Å². The quantitative estimate of drug-likeness (QED) is 0.680. The number of nitro groups is 1. The van der Waals surface area contributed by atoms with Crippen LogP contribution in [0.5, 0.6) is 0 Å². The zero-order chi connectivity index (χ0) is 13.2. The summed E-state index contributed by atoms with van der Waals surface area (Å²) in [5.74, 6) is 0. The number of benzene rings is 1. The van der Waals surface area contributed by atoms with Crippen molar-refractivity contribution < 1.29 is 4.92 Å². The number of nitro benzene ring substituents is 1. The highest BCUT2D eigenvalue weighted by Gasteiger charge is 2.27. The van der Waals surface area contributed by atoms with E-state index < -0.39 is 0 Å². The third-order valence-electron chi connectivity index (χ3n) is 3.63. The number of hydrogen-bond donors (Lipinski definition) is 1. The van der Waals surface area contributed by atoms with Crippen molar-refractivity contribution in [3.05, 3.63) is 38.3 Å². The van der Waals surface area contributed by atoms with Crippen molar-refractivity contribution in [2.24, 2.45) is 0 Å². The first kappa shape index (κ1) is 13.5. The molecule has 1 aliphatic carbocycles. The fourth-order valence-electron chi connectivity index (χ4n) is 2.46. The van der Waals surface area contributed by atoms with Crippen LogP contribution < -0.4 is 5.32 Å². The lowest BCUT2D eigenvalue weighted by atomic mass is 10.0. The van der Waals surface area contributed by atoms with Gasteiger partial charge >= 0.3 is 0 Å². The van der Waals surface area contributed by atoms with Gasteiger partial charge in [-0.1, -0.05) is 18.9 Å². The van der Waals surface area contributed by atoms with Gasteiger partial charge in [-0.25, -0.2) is 0 Å². The second-order valence-electron chi connectivity index (χ2n) is 5.16. The molecule has 0 radical (unpaired) electrons. The van der Waals surface area contributed by atoms with Crippen molar-refractivity contribution in [1.29, 1.82) is 0 Å². The Kier molecular flexibility index (Phi) is 4.02. The zero-order valence-electron chi connectivity index (χ0n) is 10.4. The number of hydrogen-bond acceptors (Lipinski definition) is 3. The number of rotatable bonds is 4. The molecule has 0 spiro atoms. The third-order valence-corrected chi connectivity index (χ3v) is 4.30. The molecule has 4 nitrogen and oxygen atoms in total. The highest BCUT2D eigenvalue weighted by Crippen LogP contribution is 2.30. The molecule has 0 aliphatic heterocycles. The van der Waals surface area contributed by atoms with Gasteiger partial charge in [-0.15, -0.1) is 0 Å². The average Bonchev–Trinajstić information content (AvgIpc) is 2.75. The molecule has 0 heterocycles. The van der Waals surface area contributed by atoms with Crippen molar-refractivity contribution >= 4 is 21.6 Å². The highest BCUT2D eigenvalue weighted by molar-refractivity contribution is 9.10. The SMILES string of the molecule is CC1(NCc2ccc(Br)c([N+](=O)[O-])c2)CCCC1. The van der Waals surface area contributed by atoms with Crippen LogP contribution in [0.2, 0.25) is 0 Å². The van der Waals surface area contributed by atoms with Gasteiger partial charge in [0.25, 0.3) is 5.69 Å². The summed E-state index contributed by atoms with van der Waals surface area (Å²) in [4.78, 5) is 10.5. The fourth-order valence-corrected chi connectivity index (χ4v) is 2.85. The van der Waals surface area contributed by atoms with Crippen LogP contribution >= 0.6 is 15.9 Å². The second kappa shape index (κ2) is 5.36. The van der Waals surface area contributed by atoms with Crippen LogP contribution in [-0.2, 0) is 6.54 Å². The summed E-state index contributed by atoms with van der Waals surface area (Å²) in [5, 5.41) is 14.4. The van der Waals surface area contributed by atoms with Crippen LogP contribution in [0.1, 0.15) is 38.2 Å². The van der Waals surface area contributed by atoms with Crippen LogP contribution in [0, 0.1) is 10.1 Å². The Bertz CT molecular complexity index is 456. The van der Waals surface area contributed by atoms with E-state index in [2.05, 4.69) is 28.2 Å². The molecule has 1 N–H and O–H groups in total. The maximum absolute atomic E-state index is 10.9. The number of nitrogens with one attached hydrogen (secondary N) is 1. The molecule has 0 atom stereocenters. The average molecular weight is 313 g/mol. The largest absolute Gasteiger partial charge is 0.307 e. The maximum Gasteiger partial charge on any atom is 0.283 e. The topological polar surface area (TPSA) is 55.2 Å². The minimum Gasteiger partial charge on any atom is -0.307 e. The minimum absolute atomic E-state index is 0.130. The van der Waals surface area contributed by atoms with Crippen LogP contribution in [0.3, 0.4) is 0 Å². The molecule has 18 heavy (non-hydrogen) atoms. The summed E-state index contributed by atoms with van der Waals surface area (Å²) >= 11 is 3.20. The standard InChI is InChI=1S/C13H17BrN2O2/c1-13(6-2-3-7-13)15-9-10-4-5-11(14)12(8-10)16(17)18/h4-5,8,15H,2-3,6-7,9H2,1H3. The number of halogens is 1. The van der Waals surface area contributed by atoms with Crippen molar-refractivity contribution in [1.82, 2.24) is 5.32 Å². The molecule has 0 bridgehead atoms. The van der Waals surface area contributed by atoms with Gasteiger partial charge in [0.1, 0.15) is 0 Å². The van der Waals surface area contributed by atoms with Gasteiger partial charge in [0.05, 0.1) is 9.40 Å². The van der Waals surface area contributed by atoms with Crippen molar-refractivity contribution in [2.45, 2.75) is 44.7 Å². The fraction of sp³-hybridized carbons (Fsp3) is 0.538. The normalized spacial score (nSPS) is 17.9. The van der Waals surface area contributed by atoms with Gasteiger partial charge in [0.15, 0.2) is 0 Å². The van der Waals surface area contributed by atoms with Gasteiger partial charge in [0.2, 0.25) is 0 Å². The Labute approximate surface area is 115 Å². The molecule has 98 valence electrons. The Morgan fingerprint density at radius 1 is 1.44 bits per heavy atom. The smallest absolute Gasteiger partial charge is 0.283 e. The van der Waals surface area contributed by atoms with Gasteiger partial charge in [0, 0.05) is 18.2 Å². The van der Waals surface area contributed by atoms with E-state index in [1.807, 2.05) is 6.07 Å². The first-order valence-corrected chi connectivity index (χ1v) is 6.97. The lowest BCUT2D eigenvalue weighted by Crippen LogP contribution is -2.38. The highest BCUT2D eigenvalue weighted by atomic mass is 79.9. The van der Waals surface area contributed by atoms with Crippen LogP contribution in [0.25, 0.3) is 0 Å². The second-order valence-corrected chi connectivity index (χ2v) is 6.02. The molecule has 0 unspecified atom stereocenters. The molecule has 5 heteroatoms. The Morgan fingerprint density at radius 2 is 2.11 bits per heavy atom. The minimum atomic E-state index is -0.356. The molecule has 1 fully saturated rings. The molecule has 0 aromatic heterocycles. The Hall–Kier alpha value is -0.940.